The maximum Gasteiger partial charge on any atom is 0.0685 e. The van der Waals surface area contributed by atoms with Gasteiger partial charge in [0.15, 0.2) is 0 Å². The minimum Gasteiger partial charge on any atom is -0.375 e. The Labute approximate surface area is 92.7 Å². The summed E-state index contributed by atoms with van der Waals surface area (Å²) in [6, 6.07) is 0.424. The third-order valence-corrected chi connectivity index (χ3v) is 4.27. The van der Waals surface area contributed by atoms with Crippen molar-refractivity contribution in [3.05, 3.63) is 0 Å². The molecule has 1 aliphatic carbocycles. The molecule has 2 aliphatic rings. The zero-order chi connectivity index (χ0) is 10.7. The molecular formula is C12H24N2O. The van der Waals surface area contributed by atoms with Crippen molar-refractivity contribution in [2.24, 2.45) is 11.8 Å². The standard InChI is InChI=1S/C12H24N2O/c1-10(14-13)11-5-8-15-12(9-11)6-3-2-4-7-12/h10-11,14H,2-9,13H2,1H3. The van der Waals surface area contributed by atoms with Crippen molar-refractivity contribution in [1.82, 2.24) is 5.43 Å². The second-order valence-corrected chi connectivity index (χ2v) is 5.30. The molecular weight excluding hydrogens is 188 g/mol. The van der Waals surface area contributed by atoms with Crippen LogP contribution in [0, 0.1) is 5.92 Å². The average molecular weight is 212 g/mol. The molecule has 0 aromatic heterocycles. The molecule has 3 heteroatoms. The summed E-state index contributed by atoms with van der Waals surface area (Å²) in [6.07, 6.45) is 8.97. The van der Waals surface area contributed by atoms with Gasteiger partial charge in [0.2, 0.25) is 0 Å². The van der Waals surface area contributed by atoms with Gasteiger partial charge in [0.1, 0.15) is 0 Å². The molecule has 3 nitrogen and oxygen atoms in total. The first-order valence-corrected chi connectivity index (χ1v) is 6.36. The van der Waals surface area contributed by atoms with Crippen LogP contribution >= 0.6 is 0 Å². The first-order chi connectivity index (χ1) is 7.26. The van der Waals surface area contributed by atoms with Gasteiger partial charge in [-0.25, -0.2) is 0 Å². The summed E-state index contributed by atoms with van der Waals surface area (Å²) in [5.74, 6) is 6.23. The largest absolute Gasteiger partial charge is 0.375 e. The van der Waals surface area contributed by atoms with Gasteiger partial charge in [-0.3, -0.25) is 11.3 Å². The number of ether oxygens (including phenoxy) is 1. The van der Waals surface area contributed by atoms with Crippen molar-refractivity contribution in [3.63, 3.8) is 0 Å². The van der Waals surface area contributed by atoms with Crippen LogP contribution in [0.4, 0.5) is 0 Å². The van der Waals surface area contributed by atoms with E-state index in [1.54, 1.807) is 0 Å². The SMILES string of the molecule is CC(NN)C1CCOC2(CCCCC2)C1. The number of nitrogens with one attached hydrogen (secondary N) is 1. The van der Waals surface area contributed by atoms with E-state index >= 15 is 0 Å². The van der Waals surface area contributed by atoms with Gasteiger partial charge >= 0.3 is 0 Å². The van der Waals surface area contributed by atoms with E-state index in [4.69, 9.17) is 10.6 Å². The molecule has 1 spiro atoms. The number of rotatable bonds is 2. The van der Waals surface area contributed by atoms with E-state index in [1.165, 1.54) is 38.5 Å². The van der Waals surface area contributed by atoms with Crippen LogP contribution < -0.4 is 11.3 Å². The molecule has 0 amide bonds. The molecule has 2 fully saturated rings. The molecule has 1 saturated heterocycles. The van der Waals surface area contributed by atoms with Crippen LogP contribution in [0.3, 0.4) is 0 Å². The molecule has 2 rings (SSSR count). The molecule has 3 N–H and O–H groups in total. The van der Waals surface area contributed by atoms with Crippen molar-refractivity contribution in [1.29, 1.82) is 0 Å². The third-order valence-electron chi connectivity index (χ3n) is 4.27. The fourth-order valence-electron chi connectivity index (χ4n) is 3.17. The summed E-state index contributed by atoms with van der Waals surface area (Å²) in [4.78, 5) is 0. The predicted octanol–water partition coefficient (Wildman–Crippen LogP) is 1.97. The number of hydrogen-bond donors (Lipinski definition) is 2. The Balaban J connectivity index is 1.96. The molecule has 15 heavy (non-hydrogen) atoms. The molecule has 88 valence electrons. The quantitative estimate of drug-likeness (QED) is 0.543. The van der Waals surface area contributed by atoms with Crippen LogP contribution in [0.25, 0.3) is 0 Å². The van der Waals surface area contributed by atoms with Crippen LogP contribution in [0.2, 0.25) is 0 Å². The maximum atomic E-state index is 6.06. The second-order valence-electron chi connectivity index (χ2n) is 5.30. The minimum absolute atomic E-state index is 0.215. The fraction of sp³-hybridized carbons (Fsp3) is 1.00. The third kappa shape index (κ3) is 2.52. The van der Waals surface area contributed by atoms with Crippen molar-refractivity contribution >= 4 is 0 Å². The van der Waals surface area contributed by atoms with E-state index in [-0.39, 0.29) is 5.60 Å². The van der Waals surface area contributed by atoms with Gasteiger partial charge in [-0.05, 0) is 38.5 Å². The van der Waals surface area contributed by atoms with E-state index < -0.39 is 0 Å². The first kappa shape index (κ1) is 11.4. The van der Waals surface area contributed by atoms with Crippen LogP contribution in [0.15, 0.2) is 0 Å². The highest BCUT2D eigenvalue weighted by atomic mass is 16.5. The van der Waals surface area contributed by atoms with Crippen LogP contribution in [0.5, 0.6) is 0 Å². The normalized spacial score (nSPS) is 32.8. The average Bonchev–Trinajstić information content (AvgIpc) is 2.29. The Morgan fingerprint density at radius 2 is 2.07 bits per heavy atom. The Bertz CT molecular complexity index is 196. The Morgan fingerprint density at radius 1 is 1.33 bits per heavy atom. The van der Waals surface area contributed by atoms with Gasteiger partial charge in [0.25, 0.3) is 0 Å². The highest BCUT2D eigenvalue weighted by Crippen LogP contribution is 2.41. The molecule has 1 heterocycles. The van der Waals surface area contributed by atoms with Crippen LogP contribution in [-0.4, -0.2) is 18.2 Å². The summed E-state index contributed by atoms with van der Waals surface area (Å²) in [5, 5.41) is 0. The zero-order valence-corrected chi connectivity index (χ0v) is 9.80. The predicted molar refractivity (Wildman–Crippen MR) is 61.3 cm³/mol. The van der Waals surface area contributed by atoms with E-state index in [9.17, 15) is 0 Å². The summed E-state index contributed by atoms with van der Waals surface area (Å²) < 4.78 is 6.06. The van der Waals surface area contributed by atoms with Gasteiger partial charge in [-0.2, -0.15) is 0 Å². The lowest BCUT2D eigenvalue weighted by Gasteiger charge is -2.45. The summed E-state index contributed by atoms with van der Waals surface area (Å²) in [5.41, 5.74) is 3.12. The van der Waals surface area contributed by atoms with E-state index in [2.05, 4.69) is 12.3 Å². The second kappa shape index (κ2) is 4.81. The van der Waals surface area contributed by atoms with Crippen molar-refractivity contribution < 1.29 is 4.74 Å². The van der Waals surface area contributed by atoms with Crippen molar-refractivity contribution in [3.8, 4) is 0 Å². The molecule has 1 aliphatic heterocycles. The number of hydrazine groups is 1. The topological polar surface area (TPSA) is 47.3 Å². The lowest BCUT2D eigenvalue weighted by Crippen LogP contribution is -2.48. The summed E-state index contributed by atoms with van der Waals surface area (Å²) in [7, 11) is 0. The fourth-order valence-corrected chi connectivity index (χ4v) is 3.17. The van der Waals surface area contributed by atoms with Gasteiger partial charge in [0.05, 0.1) is 5.60 Å². The lowest BCUT2D eigenvalue weighted by molar-refractivity contribution is -0.121. The smallest absolute Gasteiger partial charge is 0.0685 e. The van der Waals surface area contributed by atoms with E-state index in [1.807, 2.05) is 0 Å². The lowest BCUT2D eigenvalue weighted by atomic mass is 9.74. The molecule has 1 saturated carbocycles. The molecule has 2 unspecified atom stereocenters. The van der Waals surface area contributed by atoms with Gasteiger partial charge in [0, 0.05) is 12.6 Å². The number of nitrogens with two attached hydrogens (primary N) is 1. The number of hydrogen-bond acceptors (Lipinski definition) is 3. The van der Waals surface area contributed by atoms with E-state index in [0.717, 1.165) is 13.0 Å². The highest BCUT2D eigenvalue weighted by molar-refractivity contribution is 4.91. The Morgan fingerprint density at radius 3 is 2.73 bits per heavy atom. The molecule has 2 atom stereocenters. The van der Waals surface area contributed by atoms with Crippen molar-refractivity contribution in [2.75, 3.05) is 6.61 Å². The van der Waals surface area contributed by atoms with E-state index in [0.29, 0.717) is 12.0 Å². The molecule has 0 bridgehead atoms. The minimum atomic E-state index is 0.215. The van der Waals surface area contributed by atoms with Crippen molar-refractivity contribution in [2.45, 2.75) is 63.5 Å². The van der Waals surface area contributed by atoms with Gasteiger partial charge in [-0.15, -0.1) is 0 Å². The Hall–Kier alpha value is -0.120. The molecule has 0 radical (unpaired) electrons. The Kier molecular flexibility index (Phi) is 3.65. The van der Waals surface area contributed by atoms with Crippen LogP contribution in [-0.2, 0) is 4.74 Å². The van der Waals surface area contributed by atoms with Crippen LogP contribution in [0.1, 0.15) is 51.9 Å². The first-order valence-electron chi connectivity index (χ1n) is 6.36. The van der Waals surface area contributed by atoms with Gasteiger partial charge in [-0.1, -0.05) is 19.3 Å². The summed E-state index contributed by atoms with van der Waals surface area (Å²) >= 11 is 0. The monoisotopic (exact) mass is 212 g/mol. The highest BCUT2D eigenvalue weighted by Gasteiger charge is 2.39. The molecule has 0 aromatic carbocycles. The maximum absolute atomic E-state index is 6.06. The van der Waals surface area contributed by atoms with Gasteiger partial charge < -0.3 is 4.74 Å². The zero-order valence-electron chi connectivity index (χ0n) is 9.80. The molecule has 0 aromatic rings. The summed E-state index contributed by atoms with van der Waals surface area (Å²) in [6.45, 7) is 3.11.